The van der Waals surface area contributed by atoms with Crippen molar-refractivity contribution >= 4 is 21.8 Å². The number of likely N-dealkylation sites (tertiary alicyclic amines) is 1. The molecule has 2 nitrogen and oxygen atoms in total. The van der Waals surface area contributed by atoms with Crippen LogP contribution in [0.2, 0.25) is 0 Å². The Morgan fingerprint density at radius 3 is 2.52 bits per heavy atom. The number of carbonyl (C=O) groups is 1. The summed E-state index contributed by atoms with van der Waals surface area (Å²) >= 11 is 3.37. The minimum atomic E-state index is -4.24. The average Bonchev–Trinajstić information content (AvgIpc) is 2.91. The molecule has 21 heavy (non-hydrogen) atoms. The molecule has 2 rings (SSSR count). The number of carbonyl (C=O) groups excluding carboxylic acids is 1. The largest absolute Gasteiger partial charge is 0.392 e. The highest BCUT2D eigenvalue weighted by atomic mass is 79.9. The SMILES string of the molecule is O=C(C1CCCCC1C(F)(F)F)N1CCCC1CCCBr. The van der Waals surface area contributed by atoms with Gasteiger partial charge >= 0.3 is 6.18 Å². The molecule has 1 heterocycles. The fraction of sp³-hybridized carbons (Fsp3) is 0.933. The first-order valence-electron chi connectivity index (χ1n) is 7.88. The van der Waals surface area contributed by atoms with Gasteiger partial charge in [-0.3, -0.25) is 4.79 Å². The summed E-state index contributed by atoms with van der Waals surface area (Å²) in [5, 5.41) is 0.875. The lowest BCUT2D eigenvalue weighted by atomic mass is 9.78. The van der Waals surface area contributed by atoms with E-state index in [0.29, 0.717) is 19.4 Å². The molecule has 1 saturated heterocycles. The highest BCUT2D eigenvalue weighted by Crippen LogP contribution is 2.43. The number of halogens is 4. The van der Waals surface area contributed by atoms with Crippen molar-refractivity contribution in [1.29, 1.82) is 0 Å². The highest BCUT2D eigenvalue weighted by molar-refractivity contribution is 9.09. The van der Waals surface area contributed by atoms with Crippen molar-refractivity contribution in [2.45, 2.75) is 63.6 Å². The third kappa shape index (κ3) is 4.14. The third-order valence-electron chi connectivity index (χ3n) is 4.83. The second-order valence-corrected chi connectivity index (χ2v) is 6.99. The third-order valence-corrected chi connectivity index (χ3v) is 5.40. The van der Waals surface area contributed by atoms with E-state index in [2.05, 4.69) is 15.9 Å². The highest BCUT2D eigenvalue weighted by Gasteiger charge is 2.49. The molecule has 0 N–H and O–H groups in total. The molecule has 0 radical (unpaired) electrons. The molecule has 2 aliphatic rings. The second kappa shape index (κ2) is 7.34. The topological polar surface area (TPSA) is 20.3 Å². The fourth-order valence-corrected chi connectivity index (χ4v) is 4.09. The van der Waals surface area contributed by atoms with E-state index in [1.54, 1.807) is 4.90 Å². The van der Waals surface area contributed by atoms with E-state index in [9.17, 15) is 18.0 Å². The molecule has 3 unspecified atom stereocenters. The monoisotopic (exact) mass is 369 g/mol. The summed E-state index contributed by atoms with van der Waals surface area (Å²) in [6.07, 6.45) is 1.28. The predicted molar refractivity (Wildman–Crippen MR) is 79.3 cm³/mol. The first-order valence-corrected chi connectivity index (χ1v) is 9.00. The summed E-state index contributed by atoms with van der Waals surface area (Å²) in [5.41, 5.74) is 0. The smallest absolute Gasteiger partial charge is 0.339 e. The lowest BCUT2D eigenvalue weighted by Crippen LogP contribution is -2.46. The minimum Gasteiger partial charge on any atom is -0.339 e. The van der Waals surface area contributed by atoms with Gasteiger partial charge in [0.15, 0.2) is 0 Å². The van der Waals surface area contributed by atoms with Gasteiger partial charge in [0.2, 0.25) is 5.91 Å². The van der Waals surface area contributed by atoms with Gasteiger partial charge in [-0.2, -0.15) is 13.2 Å². The minimum absolute atomic E-state index is 0.111. The maximum atomic E-state index is 13.2. The van der Waals surface area contributed by atoms with E-state index in [4.69, 9.17) is 0 Å². The Kier molecular flexibility index (Phi) is 5.97. The van der Waals surface area contributed by atoms with E-state index in [-0.39, 0.29) is 18.4 Å². The van der Waals surface area contributed by atoms with Crippen LogP contribution in [0.3, 0.4) is 0 Å². The standard InChI is InChI=1S/C15H23BrF3NO/c16-9-3-5-11-6-4-10-20(11)14(21)12-7-1-2-8-13(12)15(17,18)19/h11-13H,1-10H2. The molecule has 0 aromatic rings. The Labute approximate surface area is 132 Å². The normalized spacial score (nSPS) is 30.7. The lowest BCUT2D eigenvalue weighted by molar-refractivity contribution is -0.201. The first-order chi connectivity index (χ1) is 9.95. The molecule has 3 atom stereocenters. The predicted octanol–water partition coefficient (Wildman–Crippen LogP) is 4.52. The summed E-state index contributed by atoms with van der Waals surface area (Å²) in [7, 11) is 0. The molecular formula is C15H23BrF3NO. The molecule has 1 amide bonds. The average molecular weight is 370 g/mol. The van der Waals surface area contributed by atoms with Gasteiger partial charge in [0, 0.05) is 23.8 Å². The van der Waals surface area contributed by atoms with Crippen molar-refractivity contribution in [3.05, 3.63) is 0 Å². The lowest BCUT2D eigenvalue weighted by Gasteiger charge is -2.36. The number of hydrogen-bond donors (Lipinski definition) is 0. The van der Waals surface area contributed by atoms with Gasteiger partial charge in [0.05, 0.1) is 5.92 Å². The molecule has 122 valence electrons. The molecular weight excluding hydrogens is 347 g/mol. The van der Waals surface area contributed by atoms with Crippen LogP contribution in [0.5, 0.6) is 0 Å². The van der Waals surface area contributed by atoms with Crippen molar-refractivity contribution in [3.8, 4) is 0 Å². The van der Waals surface area contributed by atoms with Gasteiger partial charge in [0.25, 0.3) is 0 Å². The van der Waals surface area contributed by atoms with Crippen molar-refractivity contribution in [2.24, 2.45) is 11.8 Å². The van der Waals surface area contributed by atoms with E-state index in [1.165, 1.54) is 0 Å². The molecule has 1 saturated carbocycles. The molecule has 1 aliphatic heterocycles. The van der Waals surface area contributed by atoms with Crippen LogP contribution in [0.1, 0.15) is 51.4 Å². The van der Waals surface area contributed by atoms with Crippen molar-refractivity contribution in [1.82, 2.24) is 4.90 Å². The van der Waals surface area contributed by atoms with Crippen LogP contribution in [-0.2, 0) is 4.79 Å². The Morgan fingerprint density at radius 1 is 1.14 bits per heavy atom. The Bertz CT molecular complexity index is 361. The van der Waals surface area contributed by atoms with Crippen molar-refractivity contribution in [2.75, 3.05) is 11.9 Å². The number of amides is 1. The summed E-state index contributed by atoms with van der Waals surface area (Å²) in [6.45, 7) is 0.632. The zero-order valence-electron chi connectivity index (χ0n) is 12.2. The van der Waals surface area contributed by atoms with Gasteiger partial charge < -0.3 is 4.90 Å². The summed E-state index contributed by atoms with van der Waals surface area (Å²) in [5.74, 6) is -2.52. The summed E-state index contributed by atoms with van der Waals surface area (Å²) in [4.78, 5) is 14.4. The van der Waals surface area contributed by atoms with Crippen LogP contribution in [0.15, 0.2) is 0 Å². The number of alkyl halides is 4. The first kappa shape index (κ1) is 17.1. The van der Waals surface area contributed by atoms with Gasteiger partial charge in [-0.25, -0.2) is 0 Å². The zero-order valence-corrected chi connectivity index (χ0v) is 13.8. The number of hydrogen-bond acceptors (Lipinski definition) is 1. The molecule has 0 aromatic carbocycles. The summed E-state index contributed by atoms with van der Waals surface area (Å²) in [6, 6.07) is 0.144. The molecule has 1 aliphatic carbocycles. The number of rotatable bonds is 4. The van der Waals surface area contributed by atoms with Crippen LogP contribution in [0.4, 0.5) is 13.2 Å². The number of nitrogens with zero attached hydrogens (tertiary/aromatic N) is 1. The Hall–Kier alpha value is -0.260. The zero-order chi connectivity index (χ0) is 15.5. The van der Waals surface area contributed by atoms with Gasteiger partial charge in [0.1, 0.15) is 0 Å². The Balaban J connectivity index is 2.06. The van der Waals surface area contributed by atoms with Crippen LogP contribution in [-0.4, -0.2) is 34.9 Å². The quantitative estimate of drug-likeness (QED) is 0.667. The van der Waals surface area contributed by atoms with Gasteiger partial charge in [-0.05, 0) is 38.5 Å². The van der Waals surface area contributed by atoms with E-state index < -0.39 is 18.0 Å². The van der Waals surface area contributed by atoms with Crippen LogP contribution >= 0.6 is 15.9 Å². The van der Waals surface area contributed by atoms with E-state index in [0.717, 1.165) is 37.4 Å². The molecule has 0 bridgehead atoms. The van der Waals surface area contributed by atoms with Crippen LogP contribution < -0.4 is 0 Å². The maximum Gasteiger partial charge on any atom is 0.392 e. The van der Waals surface area contributed by atoms with Gasteiger partial charge in [-0.15, -0.1) is 0 Å². The molecule has 2 fully saturated rings. The Morgan fingerprint density at radius 2 is 1.86 bits per heavy atom. The summed E-state index contributed by atoms with van der Waals surface area (Å²) < 4.78 is 39.5. The fourth-order valence-electron chi connectivity index (χ4n) is 3.77. The molecule has 0 aromatic heterocycles. The van der Waals surface area contributed by atoms with Crippen LogP contribution in [0, 0.1) is 11.8 Å². The van der Waals surface area contributed by atoms with E-state index >= 15 is 0 Å². The van der Waals surface area contributed by atoms with Gasteiger partial charge in [-0.1, -0.05) is 28.8 Å². The molecule has 6 heteroatoms. The maximum absolute atomic E-state index is 13.2. The second-order valence-electron chi connectivity index (χ2n) is 6.20. The van der Waals surface area contributed by atoms with Crippen LogP contribution in [0.25, 0.3) is 0 Å². The van der Waals surface area contributed by atoms with Crippen molar-refractivity contribution < 1.29 is 18.0 Å². The molecule has 0 spiro atoms. The van der Waals surface area contributed by atoms with E-state index in [1.807, 2.05) is 0 Å². The van der Waals surface area contributed by atoms with Crippen molar-refractivity contribution in [3.63, 3.8) is 0 Å².